The van der Waals surface area contributed by atoms with Crippen molar-refractivity contribution in [1.29, 1.82) is 0 Å². The van der Waals surface area contributed by atoms with Crippen LogP contribution in [-0.2, 0) is 34.4 Å². The summed E-state index contributed by atoms with van der Waals surface area (Å²) in [6, 6.07) is 17.9. The van der Waals surface area contributed by atoms with Gasteiger partial charge in [-0.05, 0) is 31.0 Å². The number of benzene rings is 2. The zero-order chi connectivity index (χ0) is 28.3. The minimum Gasteiger partial charge on any atom is -0.472 e. The molecular formula is C27H31ClN3O7P. The van der Waals surface area contributed by atoms with Gasteiger partial charge < -0.3 is 14.9 Å². The van der Waals surface area contributed by atoms with Gasteiger partial charge in [0.05, 0.1) is 13.2 Å². The van der Waals surface area contributed by atoms with E-state index in [4.69, 9.17) is 34.7 Å². The lowest BCUT2D eigenvalue weighted by Crippen LogP contribution is -2.29. The maximum atomic E-state index is 13.2. The predicted molar refractivity (Wildman–Crippen MR) is 148 cm³/mol. The number of phosphoric ester groups is 1. The molecule has 12 heteroatoms. The molecule has 0 fully saturated rings. The number of oxime groups is 1. The van der Waals surface area contributed by atoms with Crippen molar-refractivity contribution in [2.24, 2.45) is 5.16 Å². The second-order valence-corrected chi connectivity index (χ2v) is 9.91. The second kappa shape index (κ2) is 14.8. The van der Waals surface area contributed by atoms with Crippen LogP contribution in [0.3, 0.4) is 0 Å². The highest BCUT2D eigenvalue weighted by Gasteiger charge is 2.32. The zero-order valence-electron chi connectivity index (χ0n) is 22.1. The Morgan fingerprint density at radius 2 is 1.72 bits per heavy atom. The molecule has 1 amide bonds. The third-order valence-corrected chi connectivity index (χ3v) is 7.19. The van der Waals surface area contributed by atoms with Crippen molar-refractivity contribution in [2.45, 2.75) is 26.6 Å². The Bertz CT molecular complexity index is 1310. The third-order valence-electron chi connectivity index (χ3n) is 5.30. The van der Waals surface area contributed by atoms with E-state index in [0.29, 0.717) is 22.3 Å². The van der Waals surface area contributed by atoms with Gasteiger partial charge in [0, 0.05) is 24.4 Å². The molecule has 208 valence electrons. The Hall–Kier alpha value is -3.27. The largest absolute Gasteiger partial charge is 0.475 e. The number of pyridine rings is 1. The molecule has 0 saturated heterocycles. The molecule has 1 N–H and O–H groups in total. The number of halogens is 1. The molecule has 2 aromatic carbocycles. The summed E-state index contributed by atoms with van der Waals surface area (Å²) in [5.74, 6) is -0.252. The van der Waals surface area contributed by atoms with Crippen molar-refractivity contribution in [3.8, 4) is 5.88 Å². The fourth-order valence-corrected chi connectivity index (χ4v) is 5.18. The molecule has 0 radical (unpaired) electrons. The fourth-order valence-electron chi connectivity index (χ4n) is 3.62. The topological polar surface area (TPSA) is 118 Å². The number of aromatic nitrogens is 1. The summed E-state index contributed by atoms with van der Waals surface area (Å²) in [7, 11) is -1.01. The number of likely N-dealkylation sites (N-methyl/N-ethyl adjacent to an activating group) is 1. The van der Waals surface area contributed by atoms with Crippen molar-refractivity contribution in [3.63, 3.8) is 0 Å². The minimum atomic E-state index is -3.87. The number of carbonyl (C=O) groups is 1. The Kier molecular flexibility index (Phi) is 11.5. The molecule has 1 atom stereocenters. The Morgan fingerprint density at radius 3 is 2.33 bits per heavy atom. The summed E-state index contributed by atoms with van der Waals surface area (Å²) in [5, 5.41) is 6.61. The molecule has 0 spiro atoms. The fraction of sp³-hybridized carbons (Fsp3) is 0.296. The van der Waals surface area contributed by atoms with Gasteiger partial charge in [-0.25, -0.2) is 9.55 Å². The van der Waals surface area contributed by atoms with Gasteiger partial charge in [-0.1, -0.05) is 71.4 Å². The molecular weight excluding hydrogens is 545 g/mol. The lowest BCUT2D eigenvalue weighted by atomic mass is 10.0. The van der Waals surface area contributed by atoms with E-state index in [1.165, 1.54) is 20.4 Å². The number of hydrogen-bond acceptors (Lipinski definition) is 9. The summed E-state index contributed by atoms with van der Waals surface area (Å²) >= 11 is 6.56. The molecule has 1 heterocycles. The highest BCUT2D eigenvalue weighted by Crippen LogP contribution is 2.54. The Balaban J connectivity index is 1.89. The molecule has 0 aliphatic rings. The summed E-state index contributed by atoms with van der Waals surface area (Å²) in [6.07, 6.45) is 0.685. The Morgan fingerprint density at radius 1 is 1.05 bits per heavy atom. The van der Waals surface area contributed by atoms with Crippen LogP contribution >= 0.6 is 19.4 Å². The van der Waals surface area contributed by atoms with Crippen LogP contribution in [0, 0.1) is 0 Å². The number of hydrogen-bond donors (Lipinski definition) is 1. The SMILES string of the molecule is CCOP(=O)(OCC)OC(c1ccccc1)c1cnc(OCc2ccccc2C(=NOC)C(=O)NC)c(Cl)c1. The molecule has 3 aromatic rings. The van der Waals surface area contributed by atoms with E-state index >= 15 is 0 Å². The number of ether oxygens (including phenoxy) is 1. The standard InChI is InChI=1S/C27H31ClN3O7P/c1-5-36-39(33,37-6-2)38-25(19-12-8-7-9-13-19)21-16-23(28)27(30-17-21)35-18-20-14-10-11-15-22(20)24(31-34-4)26(32)29-3/h7-17,25H,5-6,18H2,1-4H3,(H,29,32). The first-order chi connectivity index (χ1) is 18.9. The normalized spacial score (nSPS) is 12.6. The van der Waals surface area contributed by atoms with Gasteiger partial charge in [0.15, 0.2) is 5.71 Å². The maximum absolute atomic E-state index is 13.2. The van der Waals surface area contributed by atoms with Gasteiger partial charge in [0.2, 0.25) is 5.88 Å². The van der Waals surface area contributed by atoms with Gasteiger partial charge in [0.25, 0.3) is 5.91 Å². The van der Waals surface area contributed by atoms with Gasteiger partial charge >= 0.3 is 7.82 Å². The first-order valence-corrected chi connectivity index (χ1v) is 14.0. The number of nitrogens with one attached hydrogen (secondary N) is 1. The Labute approximate surface area is 232 Å². The van der Waals surface area contributed by atoms with Crippen LogP contribution in [0.2, 0.25) is 5.02 Å². The number of phosphoric acid groups is 1. The molecule has 0 aliphatic heterocycles. The minimum absolute atomic E-state index is 0.0461. The van der Waals surface area contributed by atoms with E-state index in [-0.39, 0.29) is 36.4 Å². The summed E-state index contributed by atoms with van der Waals surface area (Å²) in [4.78, 5) is 21.6. The van der Waals surface area contributed by atoms with Gasteiger partial charge in [-0.2, -0.15) is 0 Å². The highest BCUT2D eigenvalue weighted by atomic mass is 35.5. The molecule has 0 saturated carbocycles. The molecule has 3 rings (SSSR count). The van der Waals surface area contributed by atoms with Crippen molar-refractivity contribution in [3.05, 3.63) is 94.1 Å². The molecule has 1 aromatic heterocycles. The van der Waals surface area contributed by atoms with E-state index in [1.54, 1.807) is 38.1 Å². The zero-order valence-corrected chi connectivity index (χ0v) is 23.8. The van der Waals surface area contributed by atoms with Crippen LogP contribution in [0.4, 0.5) is 0 Å². The van der Waals surface area contributed by atoms with E-state index < -0.39 is 19.8 Å². The molecule has 0 bridgehead atoms. The maximum Gasteiger partial charge on any atom is 0.475 e. The first-order valence-electron chi connectivity index (χ1n) is 12.2. The quantitative estimate of drug-likeness (QED) is 0.148. The predicted octanol–water partition coefficient (Wildman–Crippen LogP) is 5.70. The van der Waals surface area contributed by atoms with Crippen molar-refractivity contribution >= 4 is 31.0 Å². The average Bonchev–Trinajstić information content (AvgIpc) is 2.94. The smallest absolute Gasteiger partial charge is 0.472 e. The van der Waals surface area contributed by atoms with Gasteiger partial charge in [-0.3, -0.25) is 18.4 Å². The average molecular weight is 576 g/mol. The number of rotatable bonds is 14. The molecule has 1 unspecified atom stereocenters. The van der Waals surface area contributed by atoms with Crippen LogP contribution in [0.15, 0.2) is 72.0 Å². The van der Waals surface area contributed by atoms with Gasteiger partial charge in [0.1, 0.15) is 24.8 Å². The number of nitrogens with zero attached hydrogens (tertiary/aromatic N) is 2. The van der Waals surface area contributed by atoms with E-state index in [9.17, 15) is 9.36 Å². The van der Waals surface area contributed by atoms with E-state index in [1.807, 2.05) is 36.4 Å². The van der Waals surface area contributed by atoms with Crippen molar-refractivity contribution < 1.29 is 32.5 Å². The van der Waals surface area contributed by atoms with Crippen LogP contribution in [0.1, 0.15) is 42.2 Å². The summed E-state index contributed by atoms with van der Waals surface area (Å²) in [5.41, 5.74) is 2.53. The lowest BCUT2D eigenvalue weighted by Gasteiger charge is -2.24. The van der Waals surface area contributed by atoms with Crippen LogP contribution in [0.5, 0.6) is 5.88 Å². The van der Waals surface area contributed by atoms with Crippen molar-refractivity contribution in [1.82, 2.24) is 10.3 Å². The molecule has 0 aliphatic carbocycles. The second-order valence-electron chi connectivity index (χ2n) is 7.88. The van der Waals surface area contributed by atoms with Crippen LogP contribution in [0.25, 0.3) is 0 Å². The summed E-state index contributed by atoms with van der Waals surface area (Å²) in [6.45, 7) is 3.73. The molecule has 39 heavy (non-hydrogen) atoms. The monoisotopic (exact) mass is 575 g/mol. The van der Waals surface area contributed by atoms with Crippen LogP contribution in [-0.4, -0.2) is 44.0 Å². The third kappa shape index (κ3) is 8.11. The van der Waals surface area contributed by atoms with E-state index in [2.05, 4.69) is 15.5 Å². The van der Waals surface area contributed by atoms with E-state index in [0.717, 1.165) is 0 Å². The highest BCUT2D eigenvalue weighted by molar-refractivity contribution is 7.48. The van der Waals surface area contributed by atoms with Crippen LogP contribution < -0.4 is 10.1 Å². The van der Waals surface area contributed by atoms with Gasteiger partial charge in [-0.15, -0.1) is 0 Å². The first kappa shape index (κ1) is 30.3. The molecule has 10 nitrogen and oxygen atoms in total. The number of amides is 1. The number of carbonyl (C=O) groups excluding carboxylic acids is 1. The lowest BCUT2D eigenvalue weighted by molar-refractivity contribution is -0.114. The van der Waals surface area contributed by atoms with Crippen molar-refractivity contribution in [2.75, 3.05) is 27.4 Å². The summed E-state index contributed by atoms with van der Waals surface area (Å²) < 4.78 is 35.7.